The summed E-state index contributed by atoms with van der Waals surface area (Å²) in [6.07, 6.45) is 4.13. The number of halogens is 1. The number of anilines is 1. The van der Waals surface area contributed by atoms with Crippen molar-refractivity contribution in [3.8, 4) is 0 Å². The molecular formula is C11H15IN2O. The molecule has 1 N–H and O–H groups in total. The molecule has 0 aromatic carbocycles. The Labute approximate surface area is 104 Å². The monoisotopic (exact) mass is 318 g/mol. The molecule has 0 radical (unpaired) electrons. The fraction of sp³-hybridized carbons (Fsp3) is 0.545. The van der Waals surface area contributed by atoms with Crippen LogP contribution in [0.1, 0.15) is 18.4 Å². The highest BCUT2D eigenvalue weighted by molar-refractivity contribution is 14.1. The lowest BCUT2D eigenvalue weighted by Crippen LogP contribution is -2.32. The lowest BCUT2D eigenvalue weighted by Gasteiger charge is -2.24. The maximum Gasteiger partial charge on any atom is 0.129 e. The van der Waals surface area contributed by atoms with Crippen LogP contribution < -0.4 is 4.90 Å². The average molecular weight is 318 g/mol. The van der Waals surface area contributed by atoms with Gasteiger partial charge in [-0.1, -0.05) is 0 Å². The summed E-state index contributed by atoms with van der Waals surface area (Å²) < 4.78 is 1.24. The SMILES string of the molecule is Cc1cnc(N2CCCC2CO)cc1I. The quantitative estimate of drug-likeness (QED) is 0.847. The van der Waals surface area contributed by atoms with Gasteiger partial charge in [-0.15, -0.1) is 0 Å². The zero-order chi connectivity index (χ0) is 10.8. The first-order chi connectivity index (χ1) is 7.22. The maximum atomic E-state index is 9.25. The highest BCUT2D eigenvalue weighted by Gasteiger charge is 2.24. The molecule has 1 fully saturated rings. The van der Waals surface area contributed by atoms with Crippen LogP contribution in [-0.2, 0) is 0 Å². The molecule has 0 amide bonds. The first-order valence-corrected chi connectivity index (χ1v) is 6.30. The molecule has 3 nitrogen and oxygen atoms in total. The molecule has 0 aliphatic carbocycles. The highest BCUT2D eigenvalue weighted by Crippen LogP contribution is 2.25. The summed E-state index contributed by atoms with van der Waals surface area (Å²) in [5, 5.41) is 9.25. The van der Waals surface area contributed by atoms with Crippen LogP contribution in [0.2, 0.25) is 0 Å². The topological polar surface area (TPSA) is 36.4 Å². The molecule has 2 heterocycles. The average Bonchev–Trinajstić information content (AvgIpc) is 2.70. The number of rotatable bonds is 2. The normalized spacial score (nSPS) is 21.0. The Morgan fingerprint density at radius 2 is 2.47 bits per heavy atom. The first kappa shape index (κ1) is 11.1. The van der Waals surface area contributed by atoms with Crippen LogP contribution >= 0.6 is 22.6 Å². The largest absolute Gasteiger partial charge is 0.394 e. The molecule has 2 rings (SSSR count). The molecule has 15 heavy (non-hydrogen) atoms. The second kappa shape index (κ2) is 4.65. The van der Waals surface area contributed by atoms with Gasteiger partial charge in [0.2, 0.25) is 0 Å². The molecule has 4 heteroatoms. The Hall–Kier alpha value is -0.360. The maximum absolute atomic E-state index is 9.25. The molecule has 0 saturated carbocycles. The molecule has 1 aromatic heterocycles. The van der Waals surface area contributed by atoms with Gasteiger partial charge in [0.1, 0.15) is 5.82 Å². The minimum Gasteiger partial charge on any atom is -0.394 e. The van der Waals surface area contributed by atoms with E-state index in [2.05, 4.69) is 45.5 Å². The van der Waals surface area contributed by atoms with Crippen molar-refractivity contribution in [2.75, 3.05) is 18.1 Å². The Balaban J connectivity index is 2.25. The summed E-state index contributed by atoms with van der Waals surface area (Å²) in [6, 6.07) is 2.36. The molecule has 0 spiro atoms. The fourth-order valence-electron chi connectivity index (χ4n) is 1.97. The Bertz CT molecular complexity index is 356. The van der Waals surface area contributed by atoms with Crippen LogP contribution in [0.5, 0.6) is 0 Å². The number of aliphatic hydroxyl groups excluding tert-OH is 1. The van der Waals surface area contributed by atoms with Crippen LogP contribution in [-0.4, -0.2) is 29.3 Å². The molecule has 0 bridgehead atoms. The molecular weight excluding hydrogens is 303 g/mol. The second-order valence-corrected chi connectivity index (χ2v) is 5.13. The van der Waals surface area contributed by atoms with Gasteiger partial charge in [0, 0.05) is 16.3 Å². The second-order valence-electron chi connectivity index (χ2n) is 3.96. The predicted octanol–water partition coefficient (Wildman–Crippen LogP) is 1.96. The van der Waals surface area contributed by atoms with Gasteiger partial charge >= 0.3 is 0 Å². The van der Waals surface area contributed by atoms with Crippen molar-refractivity contribution in [1.29, 1.82) is 0 Å². The summed E-state index contributed by atoms with van der Waals surface area (Å²) in [5.41, 5.74) is 1.21. The number of aliphatic hydroxyl groups is 1. The van der Waals surface area contributed by atoms with Crippen LogP contribution in [0.25, 0.3) is 0 Å². The van der Waals surface area contributed by atoms with Gasteiger partial charge in [0.05, 0.1) is 12.6 Å². The third-order valence-corrected chi connectivity index (χ3v) is 4.07. The van der Waals surface area contributed by atoms with E-state index in [0.717, 1.165) is 25.2 Å². The zero-order valence-corrected chi connectivity index (χ0v) is 10.9. The van der Waals surface area contributed by atoms with Crippen molar-refractivity contribution in [3.63, 3.8) is 0 Å². The van der Waals surface area contributed by atoms with E-state index in [1.807, 2.05) is 6.20 Å². The summed E-state index contributed by atoms with van der Waals surface area (Å²) in [4.78, 5) is 6.64. The van der Waals surface area contributed by atoms with Crippen molar-refractivity contribution in [2.45, 2.75) is 25.8 Å². The van der Waals surface area contributed by atoms with Gasteiger partial charge in [-0.05, 0) is 54.0 Å². The van der Waals surface area contributed by atoms with Crippen LogP contribution in [0.4, 0.5) is 5.82 Å². The van der Waals surface area contributed by atoms with E-state index in [4.69, 9.17) is 0 Å². The minimum absolute atomic E-state index is 0.228. The van der Waals surface area contributed by atoms with Gasteiger partial charge in [-0.3, -0.25) is 0 Å². The molecule has 1 aliphatic rings. The lowest BCUT2D eigenvalue weighted by molar-refractivity contribution is 0.266. The molecule has 1 atom stereocenters. The van der Waals surface area contributed by atoms with E-state index >= 15 is 0 Å². The number of nitrogens with zero attached hydrogens (tertiary/aromatic N) is 2. The van der Waals surface area contributed by atoms with Crippen molar-refractivity contribution in [2.24, 2.45) is 0 Å². The third-order valence-electron chi connectivity index (χ3n) is 2.91. The van der Waals surface area contributed by atoms with Crippen molar-refractivity contribution < 1.29 is 5.11 Å². The molecule has 1 aromatic rings. The van der Waals surface area contributed by atoms with E-state index < -0.39 is 0 Å². The summed E-state index contributed by atoms with van der Waals surface area (Å²) >= 11 is 2.33. The zero-order valence-electron chi connectivity index (χ0n) is 8.78. The molecule has 1 unspecified atom stereocenters. The summed E-state index contributed by atoms with van der Waals surface area (Å²) in [6.45, 7) is 3.30. The summed E-state index contributed by atoms with van der Waals surface area (Å²) in [7, 11) is 0. The third kappa shape index (κ3) is 2.25. The van der Waals surface area contributed by atoms with E-state index in [1.165, 1.54) is 9.13 Å². The van der Waals surface area contributed by atoms with Gasteiger partial charge < -0.3 is 10.0 Å². The van der Waals surface area contributed by atoms with Crippen molar-refractivity contribution in [1.82, 2.24) is 4.98 Å². The fourth-order valence-corrected chi connectivity index (χ4v) is 2.39. The van der Waals surface area contributed by atoms with Crippen LogP contribution in [0, 0.1) is 10.5 Å². The molecule has 1 aliphatic heterocycles. The van der Waals surface area contributed by atoms with Crippen molar-refractivity contribution >= 4 is 28.4 Å². The molecule has 1 saturated heterocycles. The van der Waals surface area contributed by atoms with Crippen molar-refractivity contribution in [3.05, 3.63) is 21.4 Å². The standard InChI is InChI=1S/C11H15IN2O/c1-8-6-13-11(5-10(8)12)14-4-2-3-9(14)7-15/h5-6,9,15H,2-4,7H2,1H3. The van der Waals surface area contributed by atoms with Gasteiger partial charge in [0.15, 0.2) is 0 Å². The number of aromatic nitrogens is 1. The van der Waals surface area contributed by atoms with E-state index in [0.29, 0.717) is 0 Å². The Kier molecular flexibility index (Phi) is 3.45. The number of aryl methyl sites for hydroxylation is 1. The minimum atomic E-state index is 0.228. The number of pyridine rings is 1. The predicted molar refractivity (Wildman–Crippen MR) is 69.1 cm³/mol. The van der Waals surface area contributed by atoms with Crippen LogP contribution in [0.15, 0.2) is 12.3 Å². The van der Waals surface area contributed by atoms with Crippen LogP contribution in [0.3, 0.4) is 0 Å². The van der Waals surface area contributed by atoms with E-state index in [9.17, 15) is 5.11 Å². The highest BCUT2D eigenvalue weighted by atomic mass is 127. The number of hydrogen-bond donors (Lipinski definition) is 1. The first-order valence-electron chi connectivity index (χ1n) is 5.22. The number of hydrogen-bond acceptors (Lipinski definition) is 3. The Morgan fingerprint density at radius 3 is 3.13 bits per heavy atom. The van der Waals surface area contributed by atoms with Gasteiger partial charge in [-0.2, -0.15) is 0 Å². The molecule has 82 valence electrons. The Morgan fingerprint density at radius 1 is 1.67 bits per heavy atom. The van der Waals surface area contributed by atoms with E-state index in [1.54, 1.807) is 0 Å². The lowest BCUT2D eigenvalue weighted by atomic mass is 10.2. The smallest absolute Gasteiger partial charge is 0.129 e. The van der Waals surface area contributed by atoms with Gasteiger partial charge in [0.25, 0.3) is 0 Å². The van der Waals surface area contributed by atoms with Gasteiger partial charge in [-0.25, -0.2) is 4.98 Å². The van der Waals surface area contributed by atoms with E-state index in [-0.39, 0.29) is 12.6 Å². The summed E-state index contributed by atoms with van der Waals surface area (Å²) in [5.74, 6) is 1.00.